The third-order valence-corrected chi connectivity index (χ3v) is 22.5. The number of H-pyrrole nitrogens is 1. The SMILES string of the molecule is CC(C)c1cc(F)c(C(=O)CC2CCC(Oc3ccc(C#N)c(Cl)c3)CC2)cn1.CC(C)c1ccc2nc(C3CCC(Oc4ccc(C#N)c(Cl)c4)CC3)[nH]c2c1.CC(C)c1cnc(C(=O)CC2CCC(Oc3ccc(C#N)c(Cl)c3)CC2)cn1.CC(C)c1cnc(C2CCC(Oc3ccc(C#N)c(Cl)c3)CC2)n1C. The van der Waals surface area contributed by atoms with Gasteiger partial charge in [0, 0.05) is 86.0 Å². The lowest BCUT2D eigenvalue weighted by atomic mass is 9.83. The van der Waals surface area contributed by atoms with E-state index in [1.54, 1.807) is 73.1 Å². The molecule has 17 nitrogen and oxygen atoms in total. The van der Waals surface area contributed by atoms with Gasteiger partial charge in [-0.15, -0.1) is 0 Å². The first-order valence-electron chi connectivity index (χ1n) is 38.4. The molecular weight excluding hydrogens is 1470 g/mol. The van der Waals surface area contributed by atoms with Crippen LogP contribution in [-0.4, -0.2) is 70.5 Å². The number of ether oxygens (including phenoxy) is 4. The van der Waals surface area contributed by atoms with Crippen molar-refractivity contribution < 1.29 is 32.9 Å². The Kier molecular flexibility index (Phi) is 29.8. The maximum Gasteiger partial charge on any atom is 0.183 e. The molecule has 4 aromatic heterocycles. The summed E-state index contributed by atoms with van der Waals surface area (Å²) in [6.07, 6.45) is 23.3. The highest BCUT2D eigenvalue weighted by atomic mass is 35.5. The predicted octanol–water partition coefficient (Wildman–Crippen LogP) is 22.9. The van der Waals surface area contributed by atoms with E-state index in [-0.39, 0.29) is 53.4 Å². The number of hydrogen-bond donors (Lipinski definition) is 1. The fourth-order valence-electron chi connectivity index (χ4n) is 14.6. The van der Waals surface area contributed by atoms with Crippen LogP contribution in [0.15, 0.2) is 122 Å². The Hall–Kier alpha value is -9.40. The molecule has 0 bridgehead atoms. The summed E-state index contributed by atoms with van der Waals surface area (Å²) in [5, 5.41) is 37.5. The highest BCUT2D eigenvalue weighted by molar-refractivity contribution is 6.33. The summed E-state index contributed by atoms with van der Waals surface area (Å²) >= 11 is 24.3. The van der Waals surface area contributed by atoms with Crippen LogP contribution in [-0.2, 0) is 7.05 Å². The molecule has 0 unspecified atom stereocenters. The average molecular weight is 1560 g/mol. The zero-order valence-electron chi connectivity index (χ0n) is 64.0. The molecule has 0 spiro atoms. The number of nitrogens with one attached hydrogen (secondary N) is 1. The van der Waals surface area contributed by atoms with E-state index in [1.807, 2.05) is 44.3 Å². The van der Waals surface area contributed by atoms with Gasteiger partial charge in [0.05, 0.1) is 95.2 Å². The van der Waals surface area contributed by atoms with E-state index in [0.29, 0.717) is 114 Å². The number of pyridine rings is 1. The molecule has 4 heterocycles. The molecule has 0 amide bonds. The lowest BCUT2D eigenvalue weighted by molar-refractivity contribution is 0.0892. The van der Waals surface area contributed by atoms with Crippen LogP contribution in [0.2, 0.25) is 20.1 Å². The maximum atomic E-state index is 14.3. The number of imidazole rings is 2. The number of hydrogen-bond acceptors (Lipinski definition) is 15. The fraction of sp³-hybridized carbons (Fsp3) is 0.443. The predicted molar refractivity (Wildman–Crippen MR) is 428 cm³/mol. The first-order valence-corrected chi connectivity index (χ1v) is 39.9. The zero-order valence-corrected chi connectivity index (χ0v) is 67.0. The summed E-state index contributed by atoms with van der Waals surface area (Å²) in [6, 6.07) is 36.8. The van der Waals surface area contributed by atoms with Crippen molar-refractivity contribution in [2.24, 2.45) is 18.9 Å². The van der Waals surface area contributed by atoms with Crippen LogP contribution in [0, 0.1) is 63.0 Å². The second-order valence-electron chi connectivity index (χ2n) is 30.5. The van der Waals surface area contributed by atoms with Gasteiger partial charge in [0.2, 0.25) is 0 Å². The number of rotatable bonds is 20. The van der Waals surface area contributed by atoms with E-state index in [0.717, 1.165) is 137 Å². The highest BCUT2D eigenvalue weighted by Gasteiger charge is 2.31. The van der Waals surface area contributed by atoms with Crippen molar-refractivity contribution in [3.05, 3.63) is 216 Å². The van der Waals surface area contributed by atoms with Crippen molar-refractivity contribution in [3.8, 4) is 47.3 Å². The summed E-state index contributed by atoms with van der Waals surface area (Å²) in [4.78, 5) is 50.9. The third kappa shape index (κ3) is 22.7. The molecule has 5 aromatic carbocycles. The Balaban J connectivity index is 0.000000156. The van der Waals surface area contributed by atoms with Gasteiger partial charge in [-0.2, -0.15) is 21.0 Å². The number of carbonyl (C=O) groups excluding carboxylic acids is 2. The molecule has 4 aliphatic rings. The summed E-state index contributed by atoms with van der Waals surface area (Å²) in [5.41, 5.74) is 8.71. The number of aromatic nitrogens is 7. The molecule has 13 rings (SSSR count). The Morgan fingerprint density at radius 3 is 1.26 bits per heavy atom. The Bertz CT molecular complexity index is 4810. The van der Waals surface area contributed by atoms with Crippen molar-refractivity contribution in [1.82, 2.24) is 34.5 Å². The number of aromatic amines is 1. The minimum absolute atomic E-state index is 0.0501. The molecule has 574 valence electrons. The molecule has 0 saturated heterocycles. The Morgan fingerprint density at radius 1 is 0.473 bits per heavy atom. The van der Waals surface area contributed by atoms with E-state index >= 15 is 0 Å². The van der Waals surface area contributed by atoms with E-state index in [9.17, 15) is 14.0 Å². The van der Waals surface area contributed by atoms with Gasteiger partial charge in [-0.1, -0.05) is 108 Å². The minimum atomic E-state index is -0.483. The molecule has 1 N–H and O–H groups in total. The van der Waals surface area contributed by atoms with Crippen molar-refractivity contribution in [3.63, 3.8) is 0 Å². The number of nitrogens with zero attached hydrogens (tertiary/aromatic N) is 10. The summed E-state index contributed by atoms with van der Waals surface area (Å²) in [5.74, 6) is 7.43. The van der Waals surface area contributed by atoms with Gasteiger partial charge in [0.25, 0.3) is 0 Å². The largest absolute Gasteiger partial charge is 0.490 e. The fourth-order valence-corrected chi connectivity index (χ4v) is 15.5. The van der Waals surface area contributed by atoms with Gasteiger partial charge in [0.15, 0.2) is 11.6 Å². The molecule has 4 saturated carbocycles. The third-order valence-electron chi connectivity index (χ3n) is 21.2. The lowest BCUT2D eigenvalue weighted by Gasteiger charge is -2.29. The molecule has 9 aromatic rings. The second-order valence-corrected chi connectivity index (χ2v) is 32.1. The number of Topliss-reactive ketones (excluding diaryl/α,β-unsaturated/α-hetero) is 2. The van der Waals surface area contributed by atoms with Gasteiger partial charge < -0.3 is 28.5 Å². The molecule has 22 heteroatoms. The number of halogens is 5. The number of nitriles is 4. The smallest absolute Gasteiger partial charge is 0.183 e. The average Bonchev–Trinajstić information content (AvgIpc) is 1.66. The first-order chi connectivity index (χ1) is 52.8. The highest BCUT2D eigenvalue weighted by Crippen LogP contribution is 2.40. The van der Waals surface area contributed by atoms with Crippen LogP contribution in [0.5, 0.6) is 23.0 Å². The monoisotopic (exact) mass is 1560 g/mol. The van der Waals surface area contributed by atoms with Crippen molar-refractivity contribution in [1.29, 1.82) is 21.0 Å². The molecular formula is C88H96Cl4FN11O6. The van der Waals surface area contributed by atoms with E-state index < -0.39 is 5.82 Å². The lowest BCUT2D eigenvalue weighted by Crippen LogP contribution is -2.25. The molecule has 0 radical (unpaired) electrons. The van der Waals surface area contributed by atoms with Crippen molar-refractivity contribution in [2.45, 2.75) is 231 Å². The van der Waals surface area contributed by atoms with Crippen LogP contribution in [0.4, 0.5) is 4.39 Å². The first kappa shape index (κ1) is 83.1. The van der Waals surface area contributed by atoms with Gasteiger partial charge >= 0.3 is 0 Å². The van der Waals surface area contributed by atoms with Crippen LogP contribution < -0.4 is 18.9 Å². The summed E-state index contributed by atoms with van der Waals surface area (Å²) in [6.45, 7) is 16.8. The van der Waals surface area contributed by atoms with Gasteiger partial charge in [-0.05, 0) is 211 Å². The van der Waals surface area contributed by atoms with Gasteiger partial charge in [-0.3, -0.25) is 19.6 Å². The quantitative estimate of drug-likeness (QED) is 0.0696. The number of fused-ring (bicyclic) bond motifs is 1. The normalized spacial score (nSPS) is 19.6. The van der Waals surface area contributed by atoms with Crippen molar-refractivity contribution in [2.75, 3.05) is 0 Å². The molecule has 4 fully saturated rings. The van der Waals surface area contributed by atoms with E-state index in [2.05, 4.69) is 108 Å². The van der Waals surface area contributed by atoms with E-state index in [4.69, 9.17) is 91.4 Å². The standard InChI is InChI=1S/C23H24ClFN2O2.C23H24ClN3O.C22H24ClN3O2.C20H24ClN3O/c1-14(2)22-11-21(25)19(13-27-22)23(28)9-15-3-6-17(7-4-15)29-18-8-5-16(12-26)20(24)10-18;1-14(2)16-6-10-21-22(11-16)27-23(26-21)15-3-7-18(8-4-15)28-19-9-5-17(13-25)20(24)12-19;1-14(2)20-12-26-21(13-25-20)22(27)9-15-3-6-17(7-4-15)28-18-8-5-16(11-24)19(23)10-18;1-13(2)19-12-23-20(24(19)3)14-4-7-16(8-5-14)25-17-9-6-15(11-22)18(21)10-17/h5,8,10-11,13-15,17H,3-4,6-7,9H2,1-2H3;5-6,9-12,14-15,18H,3-4,7-8H2,1-2H3,(H,26,27);5,8,10,12-15,17H,3-4,6-7,9H2,1-2H3;6,9-10,12-14,16H,4-5,7-8H2,1-3H3. The molecule has 110 heavy (non-hydrogen) atoms. The minimum Gasteiger partial charge on any atom is -0.490 e. The van der Waals surface area contributed by atoms with Crippen LogP contribution in [0.1, 0.15) is 284 Å². The number of ketones is 2. The second kappa shape index (κ2) is 39.5. The maximum absolute atomic E-state index is 14.3. The number of benzene rings is 5. The van der Waals surface area contributed by atoms with Crippen LogP contribution >= 0.6 is 46.4 Å². The summed E-state index contributed by atoms with van der Waals surface area (Å²) < 4.78 is 40.7. The van der Waals surface area contributed by atoms with Crippen LogP contribution in [0.25, 0.3) is 11.0 Å². The molecule has 4 aliphatic carbocycles. The molecule has 0 atom stereocenters. The topological polar surface area (TPSA) is 251 Å². The Labute approximate surface area is 665 Å². The van der Waals surface area contributed by atoms with Gasteiger partial charge in [0.1, 0.15) is 70.4 Å². The summed E-state index contributed by atoms with van der Waals surface area (Å²) in [7, 11) is 2.12. The van der Waals surface area contributed by atoms with Gasteiger partial charge in [-0.25, -0.2) is 19.3 Å². The van der Waals surface area contributed by atoms with Crippen LogP contribution in [0.3, 0.4) is 0 Å². The Morgan fingerprint density at radius 2 is 0.891 bits per heavy atom. The number of carbonyl (C=O) groups is 2. The van der Waals surface area contributed by atoms with E-state index in [1.165, 1.54) is 29.3 Å². The molecule has 0 aliphatic heterocycles. The zero-order chi connectivity index (χ0) is 78.7. The van der Waals surface area contributed by atoms with Crippen molar-refractivity contribution >= 4 is 69.0 Å².